The van der Waals surface area contributed by atoms with E-state index in [9.17, 15) is 13.2 Å². The van der Waals surface area contributed by atoms with Crippen LogP contribution in [-0.4, -0.2) is 26.5 Å². The Morgan fingerprint density at radius 3 is 2.00 bits per heavy atom. The van der Waals surface area contributed by atoms with Crippen molar-refractivity contribution in [1.29, 1.82) is 0 Å². The summed E-state index contributed by atoms with van der Waals surface area (Å²) in [6.45, 7) is 7.56. The molecule has 140 valence electrons. The van der Waals surface area contributed by atoms with Gasteiger partial charge in [0.2, 0.25) is 0 Å². The third-order valence-corrected chi connectivity index (χ3v) is 4.72. The van der Waals surface area contributed by atoms with Crippen LogP contribution in [-0.2, 0) is 10.0 Å². The molecule has 0 unspecified atom stereocenters. The summed E-state index contributed by atoms with van der Waals surface area (Å²) in [6.07, 6.45) is 0.0453. The standard InChI is InChI=1S/C19H24N2O4S/c1-13(2)20-19(22)15-5-11-18(12-6-15)26(23,24)21-16-7-9-17(10-8-16)25-14(3)4/h5-14,21H,1-4H3,(H,20,22). The van der Waals surface area contributed by atoms with Gasteiger partial charge >= 0.3 is 0 Å². The average Bonchev–Trinajstić information content (AvgIpc) is 2.55. The number of carbonyl (C=O) groups excluding carboxylic acids is 1. The maximum atomic E-state index is 12.5. The number of ether oxygens (including phenoxy) is 1. The van der Waals surface area contributed by atoms with Crippen molar-refractivity contribution in [3.8, 4) is 5.75 Å². The summed E-state index contributed by atoms with van der Waals surface area (Å²) in [5.74, 6) is 0.432. The van der Waals surface area contributed by atoms with E-state index < -0.39 is 10.0 Å². The lowest BCUT2D eigenvalue weighted by atomic mass is 10.2. The van der Waals surface area contributed by atoms with Crippen LogP contribution in [0.1, 0.15) is 38.1 Å². The van der Waals surface area contributed by atoms with Crippen molar-refractivity contribution in [2.24, 2.45) is 0 Å². The zero-order chi connectivity index (χ0) is 19.3. The molecule has 7 heteroatoms. The fourth-order valence-electron chi connectivity index (χ4n) is 2.22. The Kier molecular flexibility index (Phi) is 6.26. The van der Waals surface area contributed by atoms with Crippen LogP contribution in [0.2, 0.25) is 0 Å². The Hall–Kier alpha value is -2.54. The zero-order valence-electron chi connectivity index (χ0n) is 15.3. The van der Waals surface area contributed by atoms with E-state index in [-0.39, 0.29) is 22.9 Å². The van der Waals surface area contributed by atoms with Crippen molar-refractivity contribution in [3.05, 3.63) is 54.1 Å². The number of rotatable bonds is 7. The molecule has 6 nitrogen and oxygen atoms in total. The molecule has 2 rings (SSSR count). The van der Waals surface area contributed by atoms with Crippen molar-refractivity contribution in [2.45, 2.75) is 44.7 Å². The Labute approximate surface area is 154 Å². The van der Waals surface area contributed by atoms with Crippen LogP contribution in [0, 0.1) is 0 Å². The molecule has 2 aromatic carbocycles. The van der Waals surface area contributed by atoms with Crippen LogP contribution < -0.4 is 14.8 Å². The van der Waals surface area contributed by atoms with E-state index >= 15 is 0 Å². The molecule has 0 bridgehead atoms. The van der Waals surface area contributed by atoms with Crippen LogP contribution in [0.15, 0.2) is 53.4 Å². The van der Waals surface area contributed by atoms with Gasteiger partial charge in [-0.3, -0.25) is 9.52 Å². The smallest absolute Gasteiger partial charge is 0.261 e. The maximum Gasteiger partial charge on any atom is 0.261 e. The fourth-order valence-corrected chi connectivity index (χ4v) is 3.28. The number of benzene rings is 2. The molecule has 0 radical (unpaired) electrons. The zero-order valence-corrected chi connectivity index (χ0v) is 16.1. The molecule has 26 heavy (non-hydrogen) atoms. The van der Waals surface area contributed by atoms with Gasteiger partial charge in [-0.1, -0.05) is 0 Å². The average molecular weight is 376 g/mol. The highest BCUT2D eigenvalue weighted by molar-refractivity contribution is 7.92. The molecule has 0 saturated heterocycles. The molecule has 0 spiro atoms. The predicted molar refractivity (Wildman–Crippen MR) is 102 cm³/mol. The molecule has 0 fully saturated rings. The van der Waals surface area contributed by atoms with Gasteiger partial charge in [0.05, 0.1) is 11.0 Å². The van der Waals surface area contributed by atoms with E-state index in [2.05, 4.69) is 10.0 Å². The third-order valence-electron chi connectivity index (χ3n) is 3.32. The Balaban J connectivity index is 2.11. The summed E-state index contributed by atoms with van der Waals surface area (Å²) >= 11 is 0. The minimum Gasteiger partial charge on any atom is -0.491 e. The summed E-state index contributed by atoms with van der Waals surface area (Å²) < 4.78 is 33.0. The van der Waals surface area contributed by atoms with Gasteiger partial charge in [0.25, 0.3) is 15.9 Å². The molecule has 0 aliphatic heterocycles. The SMILES string of the molecule is CC(C)NC(=O)c1ccc(S(=O)(=O)Nc2ccc(OC(C)C)cc2)cc1. The number of sulfonamides is 1. The second-order valence-electron chi connectivity index (χ2n) is 6.45. The highest BCUT2D eigenvalue weighted by atomic mass is 32.2. The van der Waals surface area contributed by atoms with Crippen molar-refractivity contribution in [1.82, 2.24) is 5.32 Å². The summed E-state index contributed by atoms with van der Waals surface area (Å²) in [6, 6.07) is 12.5. The molecule has 2 N–H and O–H groups in total. The number of nitrogens with one attached hydrogen (secondary N) is 2. The summed E-state index contributed by atoms with van der Waals surface area (Å²) in [7, 11) is -3.74. The predicted octanol–water partition coefficient (Wildman–Crippen LogP) is 3.41. The Morgan fingerprint density at radius 2 is 1.50 bits per heavy atom. The number of amides is 1. The lowest BCUT2D eigenvalue weighted by Gasteiger charge is -2.12. The van der Waals surface area contributed by atoms with Crippen LogP contribution in [0.4, 0.5) is 5.69 Å². The monoisotopic (exact) mass is 376 g/mol. The van der Waals surface area contributed by atoms with Crippen LogP contribution >= 0.6 is 0 Å². The van der Waals surface area contributed by atoms with Gasteiger partial charge in [0.15, 0.2) is 0 Å². The van der Waals surface area contributed by atoms with Gasteiger partial charge in [-0.15, -0.1) is 0 Å². The van der Waals surface area contributed by atoms with Crippen molar-refractivity contribution < 1.29 is 17.9 Å². The molecule has 0 aromatic heterocycles. The van der Waals surface area contributed by atoms with Crippen molar-refractivity contribution in [3.63, 3.8) is 0 Å². The van der Waals surface area contributed by atoms with Crippen LogP contribution in [0.3, 0.4) is 0 Å². The minimum atomic E-state index is -3.74. The van der Waals surface area contributed by atoms with Gasteiger partial charge in [-0.25, -0.2) is 8.42 Å². The van der Waals surface area contributed by atoms with E-state index in [0.717, 1.165) is 0 Å². The third kappa shape index (κ3) is 5.49. The van der Waals surface area contributed by atoms with Crippen LogP contribution in [0.25, 0.3) is 0 Å². The summed E-state index contributed by atoms with van der Waals surface area (Å²) in [4.78, 5) is 12.0. The molecular weight excluding hydrogens is 352 g/mol. The van der Waals surface area contributed by atoms with E-state index in [1.54, 1.807) is 24.3 Å². The topological polar surface area (TPSA) is 84.5 Å². The molecule has 0 atom stereocenters. The summed E-state index contributed by atoms with van der Waals surface area (Å²) in [5, 5.41) is 2.76. The molecule has 0 aliphatic rings. The second kappa shape index (κ2) is 8.23. The Bertz CT molecular complexity index is 842. The normalized spacial score (nSPS) is 11.5. The first-order valence-corrected chi connectivity index (χ1v) is 9.86. The lowest BCUT2D eigenvalue weighted by Crippen LogP contribution is -2.30. The maximum absolute atomic E-state index is 12.5. The second-order valence-corrected chi connectivity index (χ2v) is 8.13. The highest BCUT2D eigenvalue weighted by Crippen LogP contribution is 2.20. The highest BCUT2D eigenvalue weighted by Gasteiger charge is 2.15. The minimum absolute atomic E-state index is 0.00947. The number of hydrogen-bond donors (Lipinski definition) is 2. The molecule has 1 amide bonds. The quantitative estimate of drug-likeness (QED) is 0.775. The van der Waals surface area contributed by atoms with E-state index in [1.807, 2.05) is 27.7 Å². The molecule has 0 saturated carbocycles. The first kappa shape index (κ1) is 19.8. The van der Waals surface area contributed by atoms with E-state index in [0.29, 0.717) is 17.0 Å². The first-order valence-electron chi connectivity index (χ1n) is 8.38. The molecule has 0 heterocycles. The van der Waals surface area contributed by atoms with Gasteiger partial charge in [0.1, 0.15) is 5.75 Å². The fraction of sp³-hybridized carbons (Fsp3) is 0.316. The number of hydrogen-bond acceptors (Lipinski definition) is 4. The van der Waals surface area contributed by atoms with E-state index in [1.165, 1.54) is 24.3 Å². The van der Waals surface area contributed by atoms with Gasteiger partial charge < -0.3 is 10.1 Å². The van der Waals surface area contributed by atoms with E-state index in [4.69, 9.17) is 4.74 Å². The van der Waals surface area contributed by atoms with Crippen molar-refractivity contribution >= 4 is 21.6 Å². The molecular formula is C19H24N2O4S. The van der Waals surface area contributed by atoms with Gasteiger partial charge in [-0.2, -0.15) is 0 Å². The Morgan fingerprint density at radius 1 is 0.923 bits per heavy atom. The molecule has 0 aliphatic carbocycles. The lowest BCUT2D eigenvalue weighted by molar-refractivity contribution is 0.0943. The first-order chi connectivity index (χ1) is 12.2. The van der Waals surface area contributed by atoms with Gasteiger partial charge in [0, 0.05) is 17.3 Å². The molecule has 2 aromatic rings. The number of anilines is 1. The largest absolute Gasteiger partial charge is 0.491 e. The van der Waals surface area contributed by atoms with Crippen LogP contribution in [0.5, 0.6) is 5.75 Å². The number of carbonyl (C=O) groups is 1. The van der Waals surface area contributed by atoms with Gasteiger partial charge in [-0.05, 0) is 76.2 Å². The summed E-state index contributed by atoms with van der Waals surface area (Å²) in [5.41, 5.74) is 0.843. The van der Waals surface area contributed by atoms with Crippen molar-refractivity contribution in [2.75, 3.05) is 4.72 Å².